The maximum atomic E-state index is 5.54. The van der Waals surface area contributed by atoms with Gasteiger partial charge in [-0.05, 0) is 13.0 Å². The van der Waals surface area contributed by atoms with Crippen LogP contribution in [0.25, 0.3) is 0 Å². The highest BCUT2D eigenvalue weighted by molar-refractivity contribution is 4.88. The zero-order valence-electron chi connectivity index (χ0n) is 10.1. The lowest BCUT2D eigenvalue weighted by molar-refractivity contribution is -0.0998. The van der Waals surface area contributed by atoms with Crippen molar-refractivity contribution in [3.63, 3.8) is 0 Å². The lowest BCUT2D eigenvalue weighted by Gasteiger charge is -2.19. The maximum Gasteiger partial charge on any atom is 0.247 e. The van der Waals surface area contributed by atoms with Gasteiger partial charge in [-0.15, -0.1) is 10.2 Å². The van der Waals surface area contributed by atoms with Gasteiger partial charge >= 0.3 is 0 Å². The van der Waals surface area contributed by atoms with Gasteiger partial charge in [-0.3, -0.25) is 0 Å². The molecule has 2 heterocycles. The Morgan fingerprint density at radius 1 is 1.29 bits per heavy atom. The van der Waals surface area contributed by atoms with Crippen LogP contribution in [0.3, 0.4) is 0 Å². The predicted molar refractivity (Wildman–Crippen MR) is 60.7 cm³/mol. The van der Waals surface area contributed by atoms with Gasteiger partial charge in [0.05, 0.1) is 19.8 Å². The van der Waals surface area contributed by atoms with E-state index in [2.05, 4.69) is 22.4 Å². The molecule has 0 spiro atoms. The summed E-state index contributed by atoms with van der Waals surface area (Å²) >= 11 is 0. The van der Waals surface area contributed by atoms with Crippen LogP contribution in [0.4, 0.5) is 0 Å². The molecule has 1 fully saturated rings. The van der Waals surface area contributed by atoms with E-state index in [1.165, 1.54) is 0 Å². The van der Waals surface area contributed by atoms with Gasteiger partial charge in [-0.1, -0.05) is 6.92 Å². The van der Waals surface area contributed by atoms with Gasteiger partial charge in [0.1, 0.15) is 0 Å². The van der Waals surface area contributed by atoms with E-state index in [1.807, 2.05) is 0 Å². The second-order valence-electron chi connectivity index (χ2n) is 3.97. The fourth-order valence-corrected chi connectivity index (χ4v) is 1.63. The third-order valence-corrected chi connectivity index (χ3v) is 2.52. The van der Waals surface area contributed by atoms with Crippen molar-refractivity contribution in [1.82, 2.24) is 15.5 Å². The number of nitrogens with zero attached hydrogens (tertiary/aromatic N) is 2. The van der Waals surface area contributed by atoms with Crippen LogP contribution in [0.15, 0.2) is 4.42 Å². The molecule has 17 heavy (non-hydrogen) atoms. The summed E-state index contributed by atoms with van der Waals surface area (Å²) in [5.74, 6) is 1.17. The van der Waals surface area contributed by atoms with E-state index in [0.29, 0.717) is 31.6 Å². The van der Waals surface area contributed by atoms with Crippen molar-refractivity contribution in [2.45, 2.75) is 25.9 Å². The highest BCUT2D eigenvalue weighted by Gasteiger charge is 2.22. The molecule has 0 aliphatic carbocycles. The van der Waals surface area contributed by atoms with Gasteiger partial charge in [0.2, 0.25) is 11.8 Å². The third-order valence-electron chi connectivity index (χ3n) is 2.52. The fourth-order valence-electron chi connectivity index (χ4n) is 1.63. The van der Waals surface area contributed by atoms with Crippen LogP contribution in [-0.2, 0) is 15.9 Å². The van der Waals surface area contributed by atoms with Crippen molar-refractivity contribution in [3.05, 3.63) is 11.8 Å². The molecule has 0 aromatic carbocycles. The molecule has 6 heteroatoms. The van der Waals surface area contributed by atoms with E-state index in [9.17, 15) is 0 Å². The summed E-state index contributed by atoms with van der Waals surface area (Å²) < 4.78 is 16.3. The second-order valence-corrected chi connectivity index (χ2v) is 3.97. The number of nitrogens with one attached hydrogen (secondary N) is 1. The quantitative estimate of drug-likeness (QED) is 0.739. The number of rotatable bonds is 6. The molecule has 0 radical (unpaired) electrons. The Labute approximate surface area is 101 Å². The fraction of sp³-hybridized carbons (Fsp3) is 0.818. The zero-order valence-corrected chi connectivity index (χ0v) is 10.1. The molecule has 2 rings (SSSR count). The van der Waals surface area contributed by atoms with E-state index in [0.717, 1.165) is 25.9 Å². The minimum atomic E-state index is -0.200. The number of aromatic nitrogens is 2. The predicted octanol–water partition coefficient (Wildman–Crippen LogP) is 0.700. The normalized spacial score (nSPS) is 20.6. The van der Waals surface area contributed by atoms with E-state index in [1.54, 1.807) is 0 Å². The van der Waals surface area contributed by atoms with Crippen LogP contribution in [0.5, 0.6) is 0 Å². The van der Waals surface area contributed by atoms with Crippen molar-refractivity contribution >= 4 is 0 Å². The van der Waals surface area contributed by atoms with Crippen molar-refractivity contribution in [2.75, 3.05) is 32.9 Å². The first-order valence-electron chi connectivity index (χ1n) is 6.12. The summed E-state index contributed by atoms with van der Waals surface area (Å²) in [7, 11) is 0. The van der Waals surface area contributed by atoms with Crippen LogP contribution in [0, 0.1) is 0 Å². The molecule has 6 nitrogen and oxygen atoms in total. The van der Waals surface area contributed by atoms with Crippen molar-refractivity contribution in [2.24, 2.45) is 0 Å². The average molecular weight is 241 g/mol. The number of hydrogen-bond acceptors (Lipinski definition) is 6. The lowest BCUT2D eigenvalue weighted by Crippen LogP contribution is -2.22. The molecule has 1 aromatic rings. The van der Waals surface area contributed by atoms with E-state index in [-0.39, 0.29) is 6.10 Å². The molecule has 1 saturated heterocycles. The standard InChI is InChI=1S/C11H19N3O3/c1-2-4-12-5-3-10-13-14-11(17-10)9-8-15-6-7-16-9/h9,12H,2-8H2,1H3. The minimum Gasteiger partial charge on any atom is -0.422 e. The van der Waals surface area contributed by atoms with Gasteiger partial charge in [0.15, 0.2) is 6.10 Å². The summed E-state index contributed by atoms with van der Waals surface area (Å²) in [6.07, 6.45) is 1.68. The number of hydrogen-bond donors (Lipinski definition) is 1. The Kier molecular flexibility index (Phi) is 4.90. The molecule has 0 amide bonds. The molecule has 1 aromatic heterocycles. The smallest absolute Gasteiger partial charge is 0.247 e. The minimum absolute atomic E-state index is 0.200. The molecular weight excluding hydrogens is 222 g/mol. The largest absolute Gasteiger partial charge is 0.422 e. The van der Waals surface area contributed by atoms with E-state index >= 15 is 0 Å². The highest BCUT2D eigenvalue weighted by Crippen LogP contribution is 2.19. The maximum absolute atomic E-state index is 5.54. The van der Waals surface area contributed by atoms with Crippen LogP contribution >= 0.6 is 0 Å². The summed E-state index contributed by atoms with van der Waals surface area (Å²) in [5.41, 5.74) is 0. The highest BCUT2D eigenvalue weighted by atomic mass is 16.6. The third kappa shape index (κ3) is 3.76. The first-order chi connectivity index (χ1) is 8.40. The van der Waals surface area contributed by atoms with Crippen LogP contribution in [0.1, 0.15) is 31.2 Å². The SMILES string of the molecule is CCCNCCc1nnc(C2COCCO2)o1. The monoisotopic (exact) mass is 241 g/mol. The molecule has 1 N–H and O–H groups in total. The Morgan fingerprint density at radius 3 is 3.00 bits per heavy atom. The van der Waals surface area contributed by atoms with Gasteiger partial charge in [-0.25, -0.2) is 0 Å². The average Bonchev–Trinajstić information content (AvgIpc) is 2.85. The lowest BCUT2D eigenvalue weighted by atomic mass is 10.3. The molecule has 1 atom stereocenters. The summed E-state index contributed by atoms with van der Waals surface area (Å²) in [6, 6.07) is 0. The van der Waals surface area contributed by atoms with Gasteiger partial charge in [0, 0.05) is 13.0 Å². The van der Waals surface area contributed by atoms with Crippen molar-refractivity contribution in [1.29, 1.82) is 0 Å². The molecule has 1 aliphatic heterocycles. The molecule has 0 bridgehead atoms. The first-order valence-corrected chi connectivity index (χ1v) is 6.12. The van der Waals surface area contributed by atoms with Crippen molar-refractivity contribution < 1.29 is 13.9 Å². The summed E-state index contributed by atoms with van der Waals surface area (Å²) in [6.45, 7) is 5.73. The Balaban J connectivity index is 1.78. The topological polar surface area (TPSA) is 69.4 Å². The van der Waals surface area contributed by atoms with Crippen LogP contribution in [-0.4, -0.2) is 43.1 Å². The van der Waals surface area contributed by atoms with Crippen LogP contribution < -0.4 is 5.32 Å². The molecule has 1 unspecified atom stereocenters. The Bertz CT molecular complexity index is 324. The van der Waals surface area contributed by atoms with Crippen LogP contribution in [0.2, 0.25) is 0 Å². The summed E-state index contributed by atoms with van der Waals surface area (Å²) in [4.78, 5) is 0. The molecular formula is C11H19N3O3. The van der Waals surface area contributed by atoms with Gasteiger partial charge in [-0.2, -0.15) is 0 Å². The van der Waals surface area contributed by atoms with Crippen molar-refractivity contribution in [3.8, 4) is 0 Å². The molecule has 0 saturated carbocycles. The number of ether oxygens (including phenoxy) is 2. The second kappa shape index (κ2) is 6.68. The zero-order chi connectivity index (χ0) is 11.9. The van der Waals surface area contributed by atoms with Gasteiger partial charge in [0.25, 0.3) is 0 Å². The van der Waals surface area contributed by atoms with E-state index < -0.39 is 0 Å². The Morgan fingerprint density at radius 2 is 2.24 bits per heavy atom. The molecule has 1 aliphatic rings. The molecule has 96 valence electrons. The summed E-state index contributed by atoms with van der Waals surface area (Å²) in [5, 5.41) is 11.3. The first kappa shape index (κ1) is 12.5. The van der Waals surface area contributed by atoms with E-state index in [4.69, 9.17) is 13.9 Å². The van der Waals surface area contributed by atoms with Gasteiger partial charge < -0.3 is 19.2 Å². The Hall–Kier alpha value is -0.980.